The zero-order chi connectivity index (χ0) is 14.4. The van der Waals surface area contributed by atoms with Crippen LogP contribution in [0.5, 0.6) is 11.8 Å². The molecule has 2 aromatic rings. The van der Waals surface area contributed by atoms with E-state index in [4.69, 9.17) is 15.2 Å². The Balaban J connectivity index is 2.04. The fourth-order valence-electron chi connectivity index (χ4n) is 1.60. The van der Waals surface area contributed by atoms with Gasteiger partial charge in [0.2, 0.25) is 11.8 Å². The Kier molecular flexibility index (Phi) is 5.24. The van der Waals surface area contributed by atoms with Crippen molar-refractivity contribution in [3.63, 3.8) is 0 Å². The quantitative estimate of drug-likeness (QED) is 0.871. The number of ether oxygens (including phenoxy) is 2. The fraction of sp³-hybridized carbons (Fsp3) is 0.267. The maximum absolute atomic E-state index is 5.81. The van der Waals surface area contributed by atoms with Gasteiger partial charge in [-0.15, -0.1) is 0 Å². The lowest BCUT2D eigenvalue weighted by molar-refractivity contribution is 0.273. The first-order valence-electron chi connectivity index (χ1n) is 6.46. The van der Waals surface area contributed by atoms with E-state index < -0.39 is 0 Å². The van der Waals surface area contributed by atoms with Gasteiger partial charge < -0.3 is 15.2 Å². The molecule has 106 valence electrons. The van der Waals surface area contributed by atoms with Crippen LogP contribution in [0.15, 0.2) is 40.9 Å². The lowest BCUT2D eigenvalue weighted by Gasteiger charge is -2.10. The van der Waals surface area contributed by atoms with E-state index >= 15 is 0 Å². The second-order valence-corrected chi connectivity index (χ2v) is 5.13. The van der Waals surface area contributed by atoms with Crippen molar-refractivity contribution < 1.29 is 9.47 Å². The highest BCUT2D eigenvalue weighted by atomic mass is 79.9. The summed E-state index contributed by atoms with van der Waals surface area (Å²) in [5.41, 5.74) is 7.39. The number of nitrogens with zero attached hydrogens (tertiary/aromatic N) is 1. The van der Waals surface area contributed by atoms with Crippen molar-refractivity contribution in [1.29, 1.82) is 0 Å². The van der Waals surface area contributed by atoms with E-state index in [0.29, 0.717) is 30.7 Å². The molecule has 1 heterocycles. The van der Waals surface area contributed by atoms with Gasteiger partial charge in [-0.05, 0) is 18.6 Å². The number of hydrogen-bond donors (Lipinski definition) is 1. The van der Waals surface area contributed by atoms with Gasteiger partial charge in [-0.2, -0.15) is 4.98 Å². The zero-order valence-corrected chi connectivity index (χ0v) is 12.9. The number of pyridine rings is 1. The van der Waals surface area contributed by atoms with Gasteiger partial charge in [0.05, 0.1) is 12.3 Å². The topological polar surface area (TPSA) is 57.4 Å². The third-order valence-corrected chi connectivity index (χ3v) is 3.41. The number of rotatable bonds is 6. The van der Waals surface area contributed by atoms with E-state index in [-0.39, 0.29) is 0 Å². The number of halogens is 1. The summed E-state index contributed by atoms with van der Waals surface area (Å²) in [4.78, 5) is 4.27. The van der Waals surface area contributed by atoms with Gasteiger partial charge in [0.25, 0.3) is 0 Å². The lowest BCUT2D eigenvalue weighted by atomic mass is 10.2. The number of anilines is 1. The first kappa shape index (κ1) is 14.7. The van der Waals surface area contributed by atoms with Crippen LogP contribution in [0.2, 0.25) is 0 Å². The molecule has 0 bridgehead atoms. The molecule has 20 heavy (non-hydrogen) atoms. The largest absolute Gasteiger partial charge is 0.476 e. The molecule has 0 aliphatic rings. The van der Waals surface area contributed by atoms with E-state index in [0.717, 1.165) is 16.5 Å². The van der Waals surface area contributed by atoms with Gasteiger partial charge in [0.15, 0.2) is 0 Å². The van der Waals surface area contributed by atoms with E-state index in [2.05, 4.69) is 20.9 Å². The molecule has 0 aliphatic heterocycles. The highest BCUT2D eigenvalue weighted by Crippen LogP contribution is 2.24. The average molecular weight is 337 g/mol. The van der Waals surface area contributed by atoms with Crippen molar-refractivity contribution in [1.82, 2.24) is 4.98 Å². The summed E-state index contributed by atoms with van der Waals surface area (Å²) in [7, 11) is 0. The molecule has 0 unspecified atom stereocenters. The molecule has 0 saturated carbocycles. The first-order valence-corrected chi connectivity index (χ1v) is 7.25. The van der Waals surface area contributed by atoms with Crippen LogP contribution in [0.1, 0.15) is 18.9 Å². The molecule has 2 rings (SSSR count). The minimum atomic E-state index is 0.427. The van der Waals surface area contributed by atoms with E-state index in [1.807, 2.05) is 31.2 Å². The molecule has 0 aliphatic carbocycles. The van der Waals surface area contributed by atoms with Gasteiger partial charge >= 0.3 is 0 Å². The Labute approximate surface area is 127 Å². The number of hydrogen-bond acceptors (Lipinski definition) is 4. The van der Waals surface area contributed by atoms with Gasteiger partial charge in [-0.25, -0.2) is 0 Å². The zero-order valence-electron chi connectivity index (χ0n) is 11.3. The maximum atomic E-state index is 5.81. The third-order valence-electron chi connectivity index (χ3n) is 2.64. The SMILES string of the molecule is CCCOc1nc(OCc2ccccc2Br)ccc1N. The van der Waals surface area contributed by atoms with Crippen molar-refractivity contribution in [2.45, 2.75) is 20.0 Å². The molecule has 0 radical (unpaired) electrons. The molecule has 2 N–H and O–H groups in total. The van der Waals surface area contributed by atoms with Crippen LogP contribution in [0.3, 0.4) is 0 Å². The molecule has 1 aromatic heterocycles. The normalized spacial score (nSPS) is 10.3. The van der Waals surface area contributed by atoms with Gasteiger partial charge in [0, 0.05) is 16.1 Å². The number of nitrogen functional groups attached to an aromatic ring is 1. The minimum absolute atomic E-state index is 0.427. The predicted octanol–water partition coefficient (Wildman–Crippen LogP) is 3.79. The number of aromatic nitrogens is 1. The minimum Gasteiger partial charge on any atom is -0.476 e. The Morgan fingerprint density at radius 3 is 2.70 bits per heavy atom. The van der Waals surface area contributed by atoms with Crippen LogP contribution in [0.25, 0.3) is 0 Å². The number of nitrogens with two attached hydrogens (primary N) is 1. The van der Waals surface area contributed by atoms with Crippen LogP contribution < -0.4 is 15.2 Å². The fourth-order valence-corrected chi connectivity index (χ4v) is 2.00. The number of benzene rings is 1. The molecule has 0 atom stereocenters. The van der Waals surface area contributed by atoms with Crippen molar-refractivity contribution >= 4 is 21.6 Å². The highest BCUT2D eigenvalue weighted by molar-refractivity contribution is 9.10. The van der Waals surface area contributed by atoms with Crippen molar-refractivity contribution in [3.8, 4) is 11.8 Å². The molecule has 0 saturated heterocycles. The molecule has 5 heteroatoms. The lowest BCUT2D eigenvalue weighted by Crippen LogP contribution is -2.04. The molecule has 4 nitrogen and oxygen atoms in total. The van der Waals surface area contributed by atoms with Crippen LogP contribution in [0, 0.1) is 0 Å². The summed E-state index contributed by atoms with van der Waals surface area (Å²) in [6.07, 6.45) is 0.906. The van der Waals surface area contributed by atoms with Crippen LogP contribution in [-0.2, 0) is 6.61 Å². The Hall–Kier alpha value is -1.75. The van der Waals surface area contributed by atoms with Crippen LogP contribution in [-0.4, -0.2) is 11.6 Å². The molecule has 0 amide bonds. The highest BCUT2D eigenvalue weighted by Gasteiger charge is 2.06. The maximum Gasteiger partial charge on any atom is 0.240 e. The average Bonchev–Trinajstić information content (AvgIpc) is 2.46. The standard InChI is InChI=1S/C15H17BrN2O2/c1-2-9-19-15-13(17)7-8-14(18-15)20-10-11-5-3-4-6-12(11)16/h3-8H,2,9-10,17H2,1H3. The summed E-state index contributed by atoms with van der Waals surface area (Å²) < 4.78 is 12.2. The Morgan fingerprint density at radius 2 is 1.95 bits per heavy atom. The van der Waals surface area contributed by atoms with Gasteiger partial charge in [-0.3, -0.25) is 0 Å². The van der Waals surface area contributed by atoms with Gasteiger partial charge in [-0.1, -0.05) is 41.1 Å². The summed E-state index contributed by atoms with van der Waals surface area (Å²) in [6, 6.07) is 11.4. The monoisotopic (exact) mass is 336 g/mol. The second-order valence-electron chi connectivity index (χ2n) is 4.27. The van der Waals surface area contributed by atoms with Gasteiger partial charge in [0.1, 0.15) is 6.61 Å². The summed E-state index contributed by atoms with van der Waals surface area (Å²) in [5, 5.41) is 0. The van der Waals surface area contributed by atoms with Crippen molar-refractivity contribution in [2.24, 2.45) is 0 Å². The van der Waals surface area contributed by atoms with Crippen molar-refractivity contribution in [3.05, 3.63) is 46.4 Å². The smallest absolute Gasteiger partial charge is 0.240 e. The molecular weight excluding hydrogens is 320 g/mol. The molecule has 1 aromatic carbocycles. The third kappa shape index (κ3) is 3.87. The molecule has 0 fully saturated rings. The predicted molar refractivity (Wildman–Crippen MR) is 82.9 cm³/mol. The Bertz CT molecular complexity index is 576. The molecular formula is C15H17BrN2O2. The van der Waals surface area contributed by atoms with Crippen LogP contribution >= 0.6 is 15.9 Å². The van der Waals surface area contributed by atoms with E-state index in [1.165, 1.54) is 0 Å². The second kappa shape index (κ2) is 7.14. The van der Waals surface area contributed by atoms with Crippen molar-refractivity contribution in [2.75, 3.05) is 12.3 Å². The first-order chi connectivity index (χ1) is 9.70. The summed E-state index contributed by atoms with van der Waals surface area (Å²) in [5.74, 6) is 0.928. The van der Waals surface area contributed by atoms with Crippen LogP contribution in [0.4, 0.5) is 5.69 Å². The van der Waals surface area contributed by atoms with E-state index in [1.54, 1.807) is 12.1 Å². The Morgan fingerprint density at radius 1 is 1.15 bits per heavy atom. The van der Waals surface area contributed by atoms with E-state index in [9.17, 15) is 0 Å². The summed E-state index contributed by atoms with van der Waals surface area (Å²) >= 11 is 3.49. The summed E-state index contributed by atoms with van der Waals surface area (Å²) in [6.45, 7) is 3.06. The molecule has 0 spiro atoms.